The summed E-state index contributed by atoms with van der Waals surface area (Å²) in [5.74, 6) is 0.0272. The summed E-state index contributed by atoms with van der Waals surface area (Å²) in [6.07, 6.45) is 4.35. The van der Waals surface area contributed by atoms with Gasteiger partial charge in [-0.3, -0.25) is 9.20 Å². The van der Waals surface area contributed by atoms with E-state index in [-0.39, 0.29) is 11.9 Å². The molecular formula is C12H16N4O2S. The van der Waals surface area contributed by atoms with Crippen LogP contribution in [0, 0.1) is 0 Å². The fraction of sp³-hybridized carbons (Fsp3) is 0.500. The number of hydrogen-bond donors (Lipinski definition) is 2. The van der Waals surface area contributed by atoms with Gasteiger partial charge in [0.25, 0.3) is 0 Å². The van der Waals surface area contributed by atoms with E-state index in [2.05, 4.69) is 15.6 Å². The summed E-state index contributed by atoms with van der Waals surface area (Å²) in [5.41, 5.74) is 0.882. The minimum atomic E-state index is 0.0272. The Balaban J connectivity index is 1.48. The fourth-order valence-corrected chi connectivity index (χ4v) is 2.82. The van der Waals surface area contributed by atoms with Crippen LogP contribution >= 0.6 is 11.3 Å². The third-order valence-corrected chi connectivity index (χ3v) is 3.81. The highest BCUT2D eigenvalue weighted by molar-refractivity contribution is 7.15. The normalized spacial score (nSPS) is 19.7. The number of amides is 1. The Morgan fingerprint density at radius 3 is 3.42 bits per heavy atom. The van der Waals surface area contributed by atoms with Gasteiger partial charge in [0.2, 0.25) is 5.91 Å². The molecule has 0 aromatic carbocycles. The van der Waals surface area contributed by atoms with Crippen LogP contribution in [-0.2, 0) is 16.1 Å². The average molecular weight is 280 g/mol. The molecule has 2 aromatic rings. The second kappa shape index (κ2) is 5.68. The first-order valence-corrected chi connectivity index (χ1v) is 7.18. The van der Waals surface area contributed by atoms with Crippen molar-refractivity contribution >= 4 is 22.2 Å². The maximum atomic E-state index is 11.8. The number of ether oxygens (including phenoxy) is 1. The number of nitrogens with one attached hydrogen (secondary N) is 2. The van der Waals surface area contributed by atoms with Crippen molar-refractivity contribution in [1.82, 2.24) is 20.0 Å². The minimum absolute atomic E-state index is 0.0272. The van der Waals surface area contributed by atoms with Crippen molar-refractivity contribution in [2.45, 2.75) is 19.0 Å². The van der Waals surface area contributed by atoms with Gasteiger partial charge in [-0.2, -0.15) is 0 Å². The van der Waals surface area contributed by atoms with E-state index < -0.39 is 0 Å². The topological polar surface area (TPSA) is 67.7 Å². The van der Waals surface area contributed by atoms with E-state index in [1.807, 2.05) is 22.2 Å². The molecule has 2 N–H and O–H groups in total. The molecule has 6 nitrogen and oxygen atoms in total. The molecule has 2 aromatic heterocycles. The van der Waals surface area contributed by atoms with Crippen molar-refractivity contribution < 1.29 is 9.53 Å². The second-order valence-corrected chi connectivity index (χ2v) is 5.40. The average Bonchev–Trinajstić information content (AvgIpc) is 2.98. The standard InChI is InChI=1S/C12H16N4O2S/c17-11(5-9-8-18-3-1-13-9)14-6-10-7-16-2-4-19-12(16)15-10/h2,4,7,9,13H,1,3,5-6,8H2,(H,14,17)/t9-/m0/s1. The summed E-state index contributed by atoms with van der Waals surface area (Å²) in [6.45, 7) is 2.62. The molecule has 1 atom stereocenters. The number of fused-ring (bicyclic) bond motifs is 1. The largest absolute Gasteiger partial charge is 0.378 e. The predicted molar refractivity (Wildman–Crippen MR) is 72.1 cm³/mol. The van der Waals surface area contributed by atoms with Crippen LogP contribution in [0.25, 0.3) is 4.96 Å². The van der Waals surface area contributed by atoms with Crippen molar-refractivity contribution in [3.63, 3.8) is 0 Å². The van der Waals surface area contributed by atoms with Gasteiger partial charge in [0.15, 0.2) is 4.96 Å². The molecule has 0 saturated carbocycles. The van der Waals surface area contributed by atoms with Gasteiger partial charge >= 0.3 is 0 Å². The summed E-state index contributed by atoms with van der Waals surface area (Å²) < 4.78 is 7.28. The quantitative estimate of drug-likeness (QED) is 0.850. The second-order valence-electron chi connectivity index (χ2n) is 4.53. The van der Waals surface area contributed by atoms with Crippen LogP contribution < -0.4 is 10.6 Å². The van der Waals surface area contributed by atoms with Crippen molar-refractivity contribution in [3.05, 3.63) is 23.5 Å². The lowest BCUT2D eigenvalue weighted by Crippen LogP contribution is -2.44. The molecule has 102 valence electrons. The van der Waals surface area contributed by atoms with Crippen molar-refractivity contribution in [3.8, 4) is 0 Å². The molecule has 0 bridgehead atoms. The summed E-state index contributed by atoms with van der Waals surface area (Å²) >= 11 is 1.58. The molecule has 7 heteroatoms. The first-order chi connectivity index (χ1) is 9.31. The van der Waals surface area contributed by atoms with Gasteiger partial charge in [0.1, 0.15) is 0 Å². The van der Waals surface area contributed by atoms with Crippen LogP contribution in [0.4, 0.5) is 0 Å². The third kappa shape index (κ3) is 3.12. The van der Waals surface area contributed by atoms with Crippen molar-refractivity contribution in [1.29, 1.82) is 0 Å². The van der Waals surface area contributed by atoms with Crippen molar-refractivity contribution in [2.75, 3.05) is 19.8 Å². The lowest BCUT2D eigenvalue weighted by Gasteiger charge is -2.23. The minimum Gasteiger partial charge on any atom is -0.378 e. The zero-order valence-electron chi connectivity index (χ0n) is 10.5. The van der Waals surface area contributed by atoms with E-state index in [4.69, 9.17) is 4.74 Å². The molecule has 3 heterocycles. The molecule has 0 spiro atoms. The Labute approximate surface area is 114 Å². The summed E-state index contributed by atoms with van der Waals surface area (Å²) in [6, 6.07) is 0.124. The highest BCUT2D eigenvalue weighted by atomic mass is 32.1. The highest BCUT2D eigenvalue weighted by Gasteiger charge is 2.16. The van der Waals surface area contributed by atoms with Gasteiger partial charge < -0.3 is 15.4 Å². The van der Waals surface area contributed by atoms with Crippen LogP contribution in [-0.4, -0.2) is 41.1 Å². The first-order valence-electron chi connectivity index (χ1n) is 6.30. The van der Waals surface area contributed by atoms with Gasteiger partial charge in [0.05, 0.1) is 25.5 Å². The number of carbonyl (C=O) groups excluding carboxylic acids is 1. The van der Waals surface area contributed by atoms with Crippen LogP contribution in [0.15, 0.2) is 17.8 Å². The van der Waals surface area contributed by atoms with Crippen molar-refractivity contribution in [2.24, 2.45) is 0 Å². The molecule has 1 saturated heterocycles. The molecule has 19 heavy (non-hydrogen) atoms. The van der Waals surface area contributed by atoms with E-state index in [1.54, 1.807) is 11.3 Å². The van der Waals surface area contributed by atoms with Crippen LogP contribution in [0.3, 0.4) is 0 Å². The van der Waals surface area contributed by atoms with Gasteiger partial charge in [-0.1, -0.05) is 0 Å². The van der Waals surface area contributed by atoms with Crippen LogP contribution in [0.2, 0.25) is 0 Å². The maximum Gasteiger partial charge on any atom is 0.221 e. The molecule has 1 fully saturated rings. The number of aromatic nitrogens is 2. The van der Waals surface area contributed by atoms with Crippen LogP contribution in [0.1, 0.15) is 12.1 Å². The van der Waals surface area contributed by atoms with Gasteiger partial charge in [0, 0.05) is 36.8 Å². The van der Waals surface area contributed by atoms with E-state index in [0.717, 1.165) is 23.8 Å². The monoisotopic (exact) mass is 280 g/mol. The van der Waals surface area contributed by atoms with E-state index in [9.17, 15) is 4.79 Å². The molecular weight excluding hydrogens is 264 g/mol. The summed E-state index contributed by atoms with van der Waals surface area (Å²) in [4.78, 5) is 17.2. The Bertz CT molecular complexity index is 530. The Hall–Kier alpha value is -1.44. The summed E-state index contributed by atoms with van der Waals surface area (Å²) in [5, 5.41) is 8.14. The number of morpholine rings is 1. The molecule has 0 aliphatic carbocycles. The number of hydrogen-bond acceptors (Lipinski definition) is 5. The Morgan fingerprint density at radius 2 is 2.63 bits per heavy atom. The Kier molecular flexibility index (Phi) is 3.77. The predicted octanol–water partition coefficient (Wildman–Crippen LogP) is 0.391. The molecule has 1 amide bonds. The van der Waals surface area contributed by atoms with E-state index in [0.29, 0.717) is 19.6 Å². The Morgan fingerprint density at radius 1 is 1.68 bits per heavy atom. The highest BCUT2D eigenvalue weighted by Crippen LogP contribution is 2.11. The van der Waals surface area contributed by atoms with Gasteiger partial charge in [-0.15, -0.1) is 11.3 Å². The van der Waals surface area contributed by atoms with E-state index in [1.165, 1.54) is 0 Å². The molecule has 1 aliphatic heterocycles. The maximum absolute atomic E-state index is 11.8. The molecule has 3 rings (SSSR count). The summed E-state index contributed by atoms with van der Waals surface area (Å²) in [7, 11) is 0. The SMILES string of the molecule is O=C(C[C@H]1COCCN1)NCc1cn2ccsc2n1. The lowest BCUT2D eigenvalue weighted by atomic mass is 10.2. The third-order valence-electron chi connectivity index (χ3n) is 3.04. The van der Waals surface area contributed by atoms with Gasteiger partial charge in [-0.25, -0.2) is 4.98 Å². The fourth-order valence-electron chi connectivity index (χ4n) is 2.10. The molecule has 0 radical (unpaired) electrons. The van der Waals surface area contributed by atoms with Gasteiger partial charge in [-0.05, 0) is 0 Å². The van der Waals surface area contributed by atoms with Crippen LogP contribution in [0.5, 0.6) is 0 Å². The zero-order valence-corrected chi connectivity index (χ0v) is 11.3. The number of carbonyl (C=O) groups is 1. The number of rotatable bonds is 4. The number of nitrogens with zero attached hydrogens (tertiary/aromatic N) is 2. The molecule has 0 unspecified atom stereocenters. The number of imidazole rings is 1. The lowest BCUT2D eigenvalue weighted by molar-refractivity contribution is -0.122. The smallest absolute Gasteiger partial charge is 0.221 e. The molecule has 1 aliphatic rings. The van der Waals surface area contributed by atoms with E-state index >= 15 is 0 Å². The first kappa shape index (κ1) is 12.6. The number of thiazole rings is 1. The zero-order chi connectivity index (χ0) is 13.1.